The van der Waals surface area contributed by atoms with Gasteiger partial charge < -0.3 is 0 Å². The maximum Gasteiger partial charge on any atom is 0.132 e. The van der Waals surface area contributed by atoms with Crippen LogP contribution in [-0.4, -0.2) is 5.78 Å². The van der Waals surface area contributed by atoms with Gasteiger partial charge in [-0.15, -0.1) is 0 Å². The van der Waals surface area contributed by atoms with E-state index in [1.807, 2.05) is 6.92 Å². The Balaban J connectivity index is 3.54. The molecule has 84 valence electrons. The molecule has 0 aliphatic heterocycles. The molecular formula is C13H26O. The van der Waals surface area contributed by atoms with Gasteiger partial charge in [0.15, 0.2) is 0 Å². The fraction of sp³-hybridized carbons (Fsp3) is 0.923. The molecule has 0 aliphatic carbocycles. The molecule has 14 heavy (non-hydrogen) atoms. The fourth-order valence-electron chi connectivity index (χ4n) is 1.97. The molecule has 0 radical (unpaired) electrons. The van der Waals surface area contributed by atoms with E-state index in [2.05, 4.69) is 27.7 Å². The summed E-state index contributed by atoms with van der Waals surface area (Å²) < 4.78 is 0. The van der Waals surface area contributed by atoms with Crippen molar-refractivity contribution in [1.29, 1.82) is 0 Å². The third-order valence-corrected chi connectivity index (χ3v) is 2.51. The predicted molar refractivity (Wildman–Crippen MR) is 62.4 cm³/mol. The van der Waals surface area contributed by atoms with Crippen molar-refractivity contribution >= 4 is 5.78 Å². The lowest BCUT2D eigenvalue weighted by Crippen LogP contribution is -2.11. The minimum absolute atomic E-state index is 0.410. The molecule has 1 atom stereocenters. The molecule has 1 nitrogen and oxygen atoms in total. The summed E-state index contributed by atoms with van der Waals surface area (Å²) >= 11 is 0. The van der Waals surface area contributed by atoms with Gasteiger partial charge in [-0.1, -0.05) is 41.0 Å². The summed E-state index contributed by atoms with van der Waals surface area (Å²) in [6.45, 7) is 11.1. The van der Waals surface area contributed by atoms with Gasteiger partial charge in [0.1, 0.15) is 5.78 Å². The molecular weight excluding hydrogens is 172 g/mol. The summed E-state index contributed by atoms with van der Waals surface area (Å²) in [5.41, 5.74) is 0.425. The second-order valence-corrected chi connectivity index (χ2v) is 5.65. The van der Waals surface area contributed by atoms with Crippen molar-refractivity contribution < 1.29 is 4.79 Å². The van der Waals surface area contributed by atoms with Gasteiger partial charge in [0.2, 0.25) is 0 Å². The van der Waals surface area contributed by atoms with Crippen molar-refractivity contribution in [3.63, 3.8) is 0 Å². The number of Topliss-reactive ketones (excluding diaryl/α,β-unsaturated/α-hetero) is 1. The predicted octanol–water partition coefficient (Wildman–Crippen LogP) is 4.21. The monoisotopic (exact) mass is 198 g/mol. The molecule has 0 saturated carbocycles. The zero-order valence-electron chi connectivity index (χ0n) is 10.5. The summed E-state index contributed by atoms with van der Waals surface area (Å²) in [5, 5.41) is 0. The second kappa shape index (κ2) is 6.21. The third kappa shape index (κ3) is 8.28. The Labute approximate surface area is 89.3 Å². The molecule has 0 fully saturated rings. The van der Waals surface area contributed by atoms with Crippen LogP contribution in [-0.2, 0) is 4.79 Å². The number of carbonyl (C=O) groups is 1. The largest absolute Gasteiger partial charge is 0.300 e. The van der Waals surface area contributed by atoms with E-state index < -0.39 is 0 Å². The Morgan fingerprint density at radius 2 is 1.86 bits per heavy atom. The van der Waals surface area contributed by atoms with Gasteiger partial charge >= 0.3 is 0 Å². The molecule has 0 aromatic rings. The van der Waals surface area contributed by atoms with Crippen LogP contribution < -0.4 is 0 Å². The quantitative estimate of drug-likeness (QED) is 0.625. The first-order chi connectivity index (χ1) is 6.35. The van der Waals surface area contributed by atoms with E-state index >= 15 is 0 Å². The molecule has 0 heterocycles. The van der Waals surface area contributed by atoms with Gasteiger partial charge in [-0.25, -0.2) is 0 Å². The van der Waals surface area contributed by atoms with Crippen molar-refractivity contribution in [2.24, 2.45) is 11.3 Å². The first-order valence-corrected chi connectivity index (χ1v) is 5.87. The lowest BCUT2D eigenvalue weighted by Gasteiger charge is -2.23. The van der Waals surface area contributed by atoms with Crippen molar-refractivity contribution in [1.82, 2.24) is 0 Å². The Bertz CT molecular complexity index is 165. The second-order valence-electron chi connectivity index (χ2n) is 5.65. The van der Waals surface area contributed by atoms with Gasteiger partial charge in [-0.3, -0.25) is 4.79 Å². The van der Waals surface area contributed by atoms with Gasteiger partial charge in [0.05, 0.1) is 0 Å². The third-order valence-electron chi connectivity index (χ3n) is 2.51. The summed E-state index contributed by atoms with van der Waals surface area (Å²) in [4.78, 5) is 11.1. The minimum atomic E-state index is 0.410. The van der Waals surface area contributed by atoms with Gasteiger partial charge in [0.25, 0.3) is 0 Å². The zero-order chi connectivity index (χ0) is 11.2. The Morgan fingerprint density at radius 3 is 2.29 bits per heavy atom. The maximum atomic E-state index is 11.1. The van der Waals surface area contributed by atoms with E-state index in [0.29, 0.717) is 17.6 Å². The highest BCUT2D eigenvalue weighted by Crippen LogP contribution is 2.26. The molecule has 1 heteroatoms. The molecule has 0 rings (SSSR count). The fourth-order valence-corrected chi connectivity index (χ4v) is 1.97. The van der Waals surface area contributed by atoms with Gasteiger partial charge in [-0.05, 0) is 24.2 Å². The molecule has 0 N–H and O–H groups in total. The summed E-state index contributed by atoms with van der Waals surface area (Å²) in [7, 11) is 0. The van der Waals surface area contributed by atoms with Gasteiger partial charge in [-0.2, -0.15) is 0 Å². The standard InChI is InChI=1S/C13H26O/c1-6-12(14)9-7-8-11(2)10-13(3,4)5/h11H,6-10H2,1-5H3. The topological polar surface area (TPSA) is 17.1 Å². The SMILES string of the molecule is CCC(=O)CCCC(C)CC(C)(C)C. The number of ketones is 1. The molecule has 0 bridgehead atoms. The van der Waals surface area contributed by atoms with Crippen LogP contribution in [0.3, 0.4) is 0 Å². The van der Waals surface area contributed by atoms with Crippen LogP contribution in [0, 0.1) is 11.3 Å². The van der Waals surface area contributed by atoms with Crippen molar-refractivity contribution in [2.75, 3.05) is 0 Å². The molecule has 0 aromatic heterocycles. The Morgan fingerprint density at radius 1 is 1.29 bits per heavy atom. The summed E-state index contributed by atoms with van der Waals surface area (Å²) in [6.07, 6.45) is 5.01. The van der Waals surface area contributed by atoms with Crippen LogP contribution in [0.25, 0.3) is 0 Å². The summed E-state index contributed by atoms with van der Waals surface area (Å²) in [5.74, 6) is 1.16. The smallest absolute Gasteiger partial charge is 0.132 e. The summed E-state index contributed by atoms with van der Waals surface area (Å²) in [6, 6.07) is 0. The lowest BCUT2D eigenvalue weighted by atomic mass is 9.83. The number of rotatable bonds is 6. The van der Waals surface area contributed by atoms with Gasteiger partial charge in [0, 0.05) is 12.8 Å². The van der Waals surface area contributed by atoms with Crippen LogP contribution in [0.2, 0.25) is 0 Å². The van der Waals surface area contributed by atoms with Crippen molar-refractivity contribution in [2.45, 2.75) is 66.7 Å². The van der Waals surface area contributed by atoms with E-state index in [9.17, 15) is 4.79 Å². The highest BCUT2D eigenvalue weighted by atomic mass is 16.1. The minimum Gasteiger partial charge on any atom is -0.300 e. The molecule has 0 aliphatic rings. The first-order valence-electron chi connectivity index (χ1n) is 5.87. The van der Waals surface area contributed by atoms with Crippen LogP contribution in [0.5, 0.6) is 0 Å². The highest BCUT2D eigenvalue weighted by Gasteiger charge is 2.14. The van der Waals surface area contributed by atoms with E-state index in [1.165, 1.54) is 12.8 Å². The number of hydrogen-bond donors (Lipinski definition) is 0. The molecule has 0 spiro atoms. The lowest BCUT2D eigenvalue weighted by molar-refractivity contribution is -0.118. The van der Waals surface area contributed by atoms with E-state index in [1.54, 1.807) is 0 Å². The van der Waals surface area contributed by atoms with Crippen LogP contribution in [0.1, 0.15) is 66.7 Å². The highest BCUT2D eigenvalue weighted by molar-refractivity contribution is 5.77. The van der Waals surface area contributed by atoms with Crippen molar-refractivity contribution in [3.05, 3.63) is 0 Å². The average Bonchev–Trinajstić information content (AvgIpc) is 2.00. The Hall–Kier alpha value is -0.330. The molecule has 0 aromatic carbocycles. The molecule has 0 amide bonds. The maximum absolute atomic E-state index is 11.1. The van der Waals surface area contributed by atoms with Crippen LogP contribution in [0.15, 0.2) is 0 Å². The van der Waals surface area contributed by atoms with E-state index in [4.69, 9.17) is 0 Å². The van der Waals surface area contributed by atoms with E-state index in [0.717, 1.165) is 18.8 Å². The van der Waals surface area contributed by atoms with E-state index in [-0.39, 0.29) is 0 Å². The number of hydrogen-bond acceptors (Lipinski definition) is 1. The average molecular weight is 198 g/mol. The van der Waals surface area contributed by atoms with Crippen LogP contribution >= 0.6 is 0 Å². The number of carbonyl (C=O) groups excluding carboxylic acids is 1. The molecule has 0 saturated heterocycles. The normalized spacial score (nSPS) is 14.1. The zero-order valence-corrected chi connectivity index (χ0v) is 10.5. The molecule has 1 unspecified atom stereocenters. The Kier molecular flexibility index (Phi) is 6.06. The van der Waals surface area contributed by atoms with Crippen LogP contribution in [0.4, 0.5) is 0 Å². The van der Waals surface area contributed by atoms with Crippen molar-refractivity contribution in [3.8, 4) is 0 Å². The first kappa shape index (κ1) is 13.7.